The summed E-state index contributed by atoms with van der Waals surface area (Å²) in [4.78, 5) is 11.5. The third-order valence-corrected chi connectivity index (χ3v) is 2.33. The molecule has 0 bridgehead atoms. The van der Waals surface area contributed by atoms with Crippen molar-refractivity contribution >= 4 is 5.78 Å². The van der Waals surface area contributed by atoms with Gasteiger partial charge in [-0.25, -0.2) is 0 Å². The Labute approximate surface area is 91.1 Å². The van der Waals surface area contributed by atoms with E-state index in [-0.39, 0.29) is 11.7 Å². The Morgan fingerprint density at radius 2 is 1.93 bits per heavy atom. The number of hydrogen-bond acceptors (Lipinski definition) is 1. The smallest absolute Gasteiger partial charge is 0.137 e. The number of hydrogen-bond donors (Lipinski definition) is 0. The van der Waals surface area contributed by atoms with E-state index in [9.17, 15) is 4.79 Å². The van der Waals surface area contributed by atoms with Crippen molar-refractivity contribution in [1.82, 2.24) is 0 Å². The maximum absolute atomic E-state index is 11.5. The van der Waals surface area contributed by atoms with Gasteiger partial charge in [0, 0.05) is 18.8 Å². The molecule has 1 atom stereocenters. The topological polar surface area (TPSA) is 17.1 Å². The second kappa shape index (κ2) is 5.97. The molecule has 0 N–H and O–H groups in total. The Hall–Kier alpha value is -1.63. The van der Waals surface area contributed by atoms with E-state index in [1.165, 1.54) is 0 Å². The molecule has 1 rings (SSSR count). The molecule has 0 saturated carbocycles. The quantitative estimate of drug-likeness (QED) is 0.642. The van der Waals surface area contributed by atoms with Crippen LogP contribution in [0, 0.1) is 0 Å². The van der Waals surface area contributed by atoms with Crippen LogP contribution in [-0.2, 0) is 4.79 Å². The number of rotatable bonds is 6. The lowest BCUT2D eigenvalue weighted by Crippen LogP contribution is -2.03. The van der Waals surface area contributed by atoms with Gasteiger partial charge in [0.05, 0.1) is 0 Å². The molecule has 1 aromatic carbocycles. The third kappa shape index (κ3) is 3.55. The van der Waals surface area contributed by atoms with Gasteiger partial charge in [-0.3, -0.25) is 4.79 Å². The van der Waals surface area contributed by atoms with Crippen LogP contribution in [0.15, 0.2) is 55.6 Å². The first kappa shape index (κ1) is 11.4. The highest BCUT2D eigenvalue weighted by molar-refractivity contribution is 5.80. The van der Waals surface area contributed by atoms with Crippen LogP contribution in [0.25, 0.3) is 0 Å². The van der Waals surface area contributed by atoms with Crippen LogP contribution in [0.4, 0.5) is 0 Å². The highest BCUT2D eigenvalue weighted by Crippen LogP contribution is 2.21. The second-order valence-electron chi connectivity index (χ2n) is 3.49. The largest absolute Gasteiger partial charge is 0.299 e. The molecule has 0 radical (unpaired) electrons. The maximum Gasteiger partial charge on any atom is 0.137 e. The van der Waals surface area contributed by atoms with E-state index in [4.69, 9.17) is 0 Å². The van der Waals surface area contributed by atoms with Gasteiger partial charge in [0.25, 0.3) is 0 Å². The van der Waals surface area contributed by atoms with E-state index in [1.807, 2.05) is 36.4 Å². The molecule has 1 unspecified atom stereocenters. The second-order valence-corrected chi connectivity index (χ2v) is 3.49. The van der Waals surface area contributed by atoms with Crippen LogP contribution >= 0.6 is 0 Å². The van der Waals surface area contributed by atoms with Gasteiger partial charge in [0.2, 0.25) is 0 Å². The Bertz CT molecular complexity index is 338. The molecule has 0 saturated heterocycles. The van der Waals surface area contributed by atoms with Crippen molar-refractivity contribution in [3.05, 3.63) is 61.2 Å². The van der Waals surface area contributed by atoms with Crippen LogP contribution in [0.5, 0.6) is 0 Å². The molecule has 0 aliphatic rings. The standard InChI is InChI=1S/C14H16O/c1-3-8-14(15)11-12(4-2)13-9-6-5-7-10-13/h3-7,9-10,12H,1-2,8,11H2. The lowest BCUT2D eigenvalue weighted by molar-refractivity contribution is -0.118. The molecule has 15 heavy (non-hydrogen) atoms. The van der Waals surface area contributed by atoms with Crippen molar-refractivity contribution in [3.63, 3.8) is 0 Å². The van der Waals surface area contributed by atoms with E-state index in [2.05, 4.69) is 13.2 Å². The SMILES string of the molecule is C=CCC(=O)CC(C=C)c1ccccc1. The Morgan fingerprint density at radius 1 is 1.27 bits per heavy atom. The van der Waals surface area contributed by atoms with Gasteiger partial charge in [-0.05, 0) is 5.56 Å². The van der Waals surface area contributed by atoms with E-state index in [0.717, 1.165) is 5.56 Å². The van der Waals surface area contributed by atoms with Gasteiger partial charge < -0.3 is 0 Å². The molecule has 1 heteroatoms. The van der Waals surface area contributed by atoms with Crippen molar-refractivity contribution in [2.45, 2.75) is 18.8 Å². The zero-order chi connectivity index (χ0) is 11.1. The highest BCUT2D eigenvalue weighted by Gasteiger charge is 2.11. The number of carbonyl (C=O) groups is 1. The summed E-state index contributed by atoms with van der Waals surface area (Å²) < 4.78 is 0. The first-order valence-corrected chi connectivity index (χ1v) is 5.08. The number of carbonyl (C=O) groups excluding carboxylic acids is 1. The highest BCUT2D eigenvalue weighted by atomic mass is 16.1. The lowest BCUT2D eigenvalue weighted by Gasteiger charge is -2.11. The minimum absolute atomic E-state index is 0.124. The van der Waals surface area contributed by atoms with Crippen LogP contribution in [0.2, 0.25) is 0 Å². The molecule has 78 valence electrons. The lowest BCUT2D eigenvalue weighted by atomic mass is 9.93. The molecular weight excluding hydrogens is 184 g/mol. The monoisotopic (exact) mass is 200 g/mol. The van der Waals surface area contributed by atoms with E-state index in [0.29, 0.717) is 12.8 Å². The molecular formula is C14H16O. The Morgan fingerprint density at radius 3 is 2.47 bits per heavy atom. The summed E-state index contributed by atoms with van der Waals surface area (Å²) in [7, 11) is 0. The zero-order valence-corrected chi connectivity index (χ0v) is 8.86. The first-order chi connectivity index (χ1) is 7.27. The summed E-state index contributed by atoms with van der Waals surface area (Å²) in [6, 6.07) is 9.96. The minimum Gasteiger partial charge on any atom is -0.299 e. The van der Waals surface area contributed by atoms with Crippen molar-refractivity contribution in [2.24, 2.45) is 0 Å². The molecule has 0 aromatic heterocycles. The zero-order valence-electron chi connectivity index (χ0n) is 8.86. The molecule has 0 heterocycles. The molecule has 1 aromatic rings. The minimum atomic E-state index is 0.124. The fourth-order valence-corrected chi connectivity index (χ4v) is 1.53. The number of Topliss-reactive ketones (excluding diaryl/α,β-unsaturated/α-hetero) is 1. The number of allylic oxidation sites excluding steroid dienone is 2. The van der Waals surface area contributed by atoms with E-state index in [1.54, 1.807) is 6.08 Å². The van der Waals surface area contributed by atoms with Crippen LogP contribution in [0.1, 0.15) is 24.3 Å². The maximum atomic E-state index is 11.5. The summed E-state index contributed by atoms with van der Waals surface area (Å²) in [5.74, 6) is 0.331. The van der Waals surface area contributed by atoms with Crippen molar-refractivity contribution in [2.75, 3.05) is 0 Å². The van der Waals surface area contributed by atoms with Gasteiger partial charge in [-0.15, -0.1) is 13.2 Å². The van der Waals surface area contributed by atoms with Gasteiger partial charge in [-0.1, -0.05) is 42.5 Å². The Kier molecular flexibility index (Phi) is 4.55. The van der Waals surface area contributed by atoms with Gasteiger partial charge in [0.15, 0.2) is 0 Å². The molecule has 0 aliphatic heterocycles. The summed E-state index contributed by atoms with van der Waals surface area (Å²) in [5, 5.41) is 0. The van der Waals surface area contributed by atoms with Gasteiger partial charge >= 0.3 is 0 Å². The molecule has 1 nitrogen and oxygen atoms in total. The fraction of sp³-hybridized carbons (Fsp3) is 0.214. The summed E-state index contributed by atoms with van der Waals surface area (Å²) in [6.45, 7) is 7.33. The normalized spacial score (nSPS) is 11.7. The van der Waals surface area contributed by atoms with Crippen molar-refractivity contribution in [3.8, 4) is 0 Å². The summed E-state index contributed by atoms with van der Waals surface area (Å²) >= 11 is 0. The summed E-state index contributed by atoms with van der Waals surface area (Å²) in [6.07, 6.45) is 4.43. The number of ketones is 1. The molecule has 0 fully saturated rings. The van der Waals surface area contributed by atoms with Crippen molar-refractivity contribution < 1.29 is 4.79 Å². The molecule has 0 aliphatic carbocycles. The van der Waals surface area contributed by atoms with Crippen LogP contribution in [0.3, 0.4) is 0 Å². The van der Waals surface area contributed by atoms with Gasteiger partial charge in [0.1, 0.15) is 5.78 Å². The molecule has 0 amide bonds. The average Bonchev–Trinajstić information content (AvgIpc) is 2.27. The number of benzene rings is 1. The van der Waals surface area contributed by atoms with Crippen LogP contribution in [-0.4, -0.2) is 5.78 Å². The predicted molar refractivity (Wildman–Crippen MR) is 63.8 cm³/mol. The van der Waals surface area contributed by atoms with Crippen LogP contribution < -0.4 is 0 Å². The fourth-order valence-electron chi connectivity index (χ4n) is 1.53. The van der Waals surface area contributed by atoms with Gasteiger partial charge in [-0.2, -0.15) is 0 Å². The van der Waals surface area contributed by atoms with Crippen molar-refractivity contribution in [1.29, 1.82) is 0 Å². The third-order valence-electron chi connectivity index (χ3n) is 2.33. The van der Waals surface area contributed by atoms with E-state index < -0.39 is 0 Å². The predicted octanol–water partition coefficient (Wildman–Crippen LogP) is 3.49. The average molecular weight is 200 g/mol. The van der Waals surface area contributed by atoms with E-state index >= 15 is 0 Å². The molecule has 0 spiro atoms. The Balaban J connectivity index is 2.68. The first-order valence-electron chi connectivity index (χ1n) is 5.08. The summed E-state index contributed by atoms with van der Waals surface area (Å²) in [5.41, 5.74) is 1.14.